The smallest absolute Gasteiger partial charge is 0.268 e. The van der Waals surface area contributed by atoms with Crippen LogP contribution in [-0.2, 0) is 11.3 Å². The Morgan fingerprint density at radius 3 is 3.05 bits per heavy atom. The first kappa shape index (κ1) is 16.0. The zero-order valence-electron chi connectivity index (χ0n) is 13.1. The van der Waals surface area contributed by atoms with Gasteiger partial charge in [-0.2, -0.15) is 0 Å². The molecule has 3 N–H and O–H groups in total. The van der Waals surface area contributed by atoms with E-state index in [9.17, 15) is 4.79 Å². The Morgan fingerprint density at radius 1 is 1.57 bits per heavy atom. The average Bonchev–Trinajstić information content (AvgIpc) is 2.96. The quantitative estimate of drug-likeness (QED) is 0.840. The minimum atomic E-state index is -0.258. The van der Waals surface area contributed by atoms with Crippen molar-refractivity contribution >= 4 is 5.91 Å². The van der Waals surface area contributed by atoms with Crippen molar-refractivity contribution < 1.29 is 9.53 Å². The molecule has 0 radical (unpaired) electrons. The molecule has 5 heteroatoms. The van der Waals surface area contributed by atoms with Gasteiger partial charge >= 0.3 is 0 Å². The van der Waals surface area contributed by atoms with Gasteiger partial charge < -0.3 is 20.4 Å². The van der Waals surface area contributed by atoms with Crippen LogP contribution in [0.5, 0.6) is 0 Å². The highest BCUT2D eigenvalue weighted by molar-refractivity contribution is 5.93. The van der Waals surface area contributed by atoms with Crippen molar-refractivity contribution in [3.8, 4) is 0 Å². The van der Waals surface area contributed by atoms with Crippen molar-refractivity contribution in [3.05, 3.63) is 24.0 Å². The van der Waals surface area contributed by atoms with Gasteiger partial charge in [-0.05, 0) is 30.9 Å². The predicted octanol–water partition coefficient (Wildman–Crippen LogP) is 1.77. The zero-order valence-corrected chi connectivity index (χ0v) is 13.1. The van der Waals surface area contributed by atoms with E-state index in [1.807, 2.05) is 22.9 Å². The second kappa shape index (κ2) is 7.09. The summed E-state index contributed by atoms with van der Waals surface area (Å²) < 4.78 is 7.01. The van der Waals surface area contributed by atoms with Gasteiger partial charge in [0.1, 0.15) is 5.69 Å². The molecule has 0 spiro atoms. The van der Waals surface area contributed by atoms with Crippen molar-refractivity contribution in [2.75, 3.05) is 20.3 Å². The summed E-state index contributed by atoms with van der Waals surface area (Å²) in [5, 5.41) is 3.23. The molecule has 5 nitrogen and oxygen atoms in total. The van der Waals surface area contributed by atoms with Crippen molar-refractivity contribution in [3.63, 3.8) is 0 Å². The standard InChI is InChI=1S/C16H27N3O2/c1-13-6-3-4-8-16(13,12-17)18-15(20)14-7-5-9-19(14)10-11-21-2/h5,7,9,13H,3-4,6,8,10-12,17H2,1-2H3,(H,18,20). The zero-order chi connectivity index (χ0) is 15.3. The number of aromatic nitrogens is 1. The van der Waals surface area contributed by atoms with Crippen LogP contribution in [0.3, 0.4) is 0 Å². The van der Waals surface area contributed by atoms with E-state index in [1.54, 1.807) is 7.11 Å². The molecule has 1 amide bonds. The highest BCUT2D eigenvalue weighted by atomic mass is 16.5. The molecule has 118 valence electrons. The molecule has 2 unspecified atom stereocenters. The van der Waals surface area contributed by atoms with Gasteiger partial charge in [0.2, 0.25) is 0 Å². The summed E-state index contributed by atoms with van der Waals surface area (Å²) in [6.07, 6.45) is 6.36. The van der Waals surface area contributed by atoms with Gasteiger partial charge in [-0.25, -0.2) is 0 Å². The third kappa shape index (κ3) is 3.47. The molecule has 0 aromatic carbocycles. The average molecular weight is 293 g/mol. The molecule has 1 aromatic rings. The van der Waals surface area contributed by atoms with Crippen LogP contribution in [0, 0.1) is 5.92 Å². The van der Waals surface area contributed by atoms with Gasteiger partial charge in [0, 0.05) is 26.4 Å². The number of hydrogen-bond acceptors (Lipinski definition) is 3. The lowest BCUT2D eigenvalue weighted by Crippen LogP contribution is -2.59. The SMILES string of the molecule is COCCn1cccc1C(=O)NC1(CN)CCCCC1C. The molecule has 0 aliphatic heterocycles. The van der Waals surface area contributed by atoms with Crippen LogP contribution >= 0.6 is 0 Å². The van der Waals surface area contributed by atoms with E-state index in [1.165, 1.54) is 6.42 Å². The molecule has 0 bridgehead atoms. The van der Waals surface area contributed by atoms with Crippen molar-refractivity contribution in [1.82, 2.24) is 9.88 Å². The molecule has 21 heavy (non-hydrogen) atoms. The lowest BCUT2D eigenvalue weighted by atomic mass is 9.73. The van der Waals surface area contributed by atoms with Crippen LogP contribution in [0.15, 0.2) is 18.3 Å². The molecule has 1 aromatic heterocycles. The van der Waals surface area contributed by atoms with Crippen LogP contribution in [0.25, 0.3) is 0 Å². The second-order valence-electron chi connectivity index (χ2n) is 6.04. The molecular weight excluding hydrogens is 266 g/mol. The number of amides is 1. The number of methoxy groups -OCH3 is 1. The molecule has 1 saturated carbocycles. The molecular formula is C16H27N3O2. The largest absolute Gasteiger partial charge is 0.383 e. The molecule has 1 heterocycles. The Kier molecular flexibility index (Phi) is 5.42. The van der Waals surface area contributed by atoms with Gasteiger partial charge in [0.15, 0.2) is 0 Å². The molecule has 2 atom stereocenters. The number of nitrogens with two attached hydrogens (primary N) is 1. The number of ether oxygens (including phenoxy) is 1. The molecule has 1 fully saturated rings. The number of nitrogens with one attached hydrogen (secondary N) is 1. The maximum absolute atomic E-state index is 12.6. The van der Waals surface area contributed by atoms with Crippen molar-refractivity contribution in [2.24, 2.45) is 11.7 Å². The Bertz CT molecular complexity index is 472. The van der Waals surface area contributed by atoms with Gasteiger partial charge in [-0.1, -0.05) is 19.8 Å². The Hall–Kier alpha value is -1.33. The minimum absolute atomic E-state index is 0.0321. The Morgan fingerprint density at radius 2 is 2.38 bits per heavy atom. The van der Waals surface area contributed by atoms with Crippen LogP contribution in [0.4, 0.5) is 0 Å². The van der Waals surface area contributed by atoms with E-state index >= 15 is 0 Å². The summed E-state index contributed by atoms with van der Waals surface area (Å²) >= 11 is 0. The summed E-state index contributed by atoms with van der Waals surface area (Å²) in [5.74, 6) is 0.387. The highest BCUT2D eigenvalue weighted by Crippen LogP contribution is 2.33. The second-order valence-corrected chi connectivity index (χ2v) is 6.04. The highest BCUT2D eigenvalue weighted by Gasteiger charge is 2.38. The Balaban J connectivity index is 2.11. The first-order valence-corrected chi connectivity index (χ1v) is 7.79. The van der Waals surface area contributed by atoms with Gasteiger partial charge in [-0.3, -0.25) is 4.79 Å². The van der Waals surface area contributed by atoms with E-state index in [-0.39, 0.29) is 11.4 Å². The lowest BCUT2D eigenvalue weighted by Gasteiger charge is -2.42. The topological polar surface area (TPSA) is 69.3 Å². The fourth-order valence-corrected chi connectivity index (χ4v) is 3.25. The molecule has 0 saturated heterocycles. The van der Waals surface area contributed by atoms with E-state index in [2.05, 4.69) is 12.2 Å². The van der Waals surface area contributed by atoms with Gasteiger partial charge in [-0.15, -0.1) is 0 Å². The van der Waals surface area contributed by atoms with Gasteiger partial charge in [0.05, 0.1) is 12.1 Å². The van der Waals surface area contributed by atoms with E-state index in [0.717, 1.165) is 19.3 Å². The third-order valence-corrected chi connectivity index (χ3v) is 4.78. The summed E-state index contributed by atoms with van der Waals surface area (Å²) in [5.41, 5.74) is 6.43. The first-order valence-electron chi connectivity index (χ1n) is 7.79. The number of rotatable bonds is 6. The van der Waals surface area contributed by atoms with Crippen LogP contribution in [0.2, 0.25) is 0 Å². The minimum Gasteiger partial charge on any atom is -0.383 e. The van der Waals surface area contributed by atoms with Crippen molar-refractivity contribution in [2.45, 2.75) is 44.7 Å². The fourth-order valence-electron chi connectivity index (χ4n) is 3.25. The first-order chi connectivity index (χ1) is 10.1. The molecule has 1 aliphatic carbocycles. The normalized spacial score (nSPS) is 25.8. The molecule has 1 aliphatic rings. The lowest BCUT2D eigenvalue weighted by molar-refractivity contribution is 0.0801. The van der Waals surface area contributed by atoms with Crippen molar-refractivity contribution in [1.29, 1.82) is 0 Å². The summed E-state index contributed by atoms with van der Waals surface area (Å²) in [6, 6.07) is 3.74. The third-order valence-electron chi connectivity index (χ3n) is 4.78. The number of carbonyl (C=O) groups excluding carboxylic acids is 1. The number of nitrogens with zero attached hydrogens (tertiary/aromatic N) is 1. The summed E-state index contributed by atoms with van der Waals surface area (Å²) in [4.78, 5) is 12.6. The molecule has 2 rings (SSSR count). The predicted molar refractivity (Wildman–Crippen MR) is 83.2 cm³/mol. The Labute approximate surface area is 126 Å². The van der Waals surface area contributed by atoms with Gasteiger partial charge in [0.25, 0.3) is 5.91 Å². The van der Waals surface area contributed by atoms with Crippen LogP contribution < -0.4 is 11.1 Å². The monoisotopic (exact) mass is 293 g/mol. The van der Waals surface area contributed by atoms with E-state index in [4.69, 9.17) is 10.5 Å². The maximum atomic E-state index is 12.6. The number of hydrogen-bond donors (Lipinski definition) is 2. The maximum Gasteiger partial charge on any atom is 0.268 e. The van der Waals surface area contributed by atoms with E-state index < -0.39 is 0 Å². The van der Waals surface area contributed by atoms with Crippen LogP contribution in [-0.4, -0.2) is 36.3 Å². The summed E-state index contributed by atoms with van der Waals surface area (Å²) in [6.45, 7) is 3.96. The van der Waals surface area contributed by atoms with Crippen LogP contribution in [0.1, 0.15) is 43.1 Å². The fraction of sp³-hybridized carbons (Fsp3) is 0.688. The number of carbonyl (C=O) groups is 1. The van der Waals surface area contributed by atoms with E-state index in [0.29, 0.717) is 31.3 Å². The summed E-state index contributed by atoms with van der Waals surface area (Å²) in [7, 11) is 1.66.